The standard InChI is InChI=1S/C30H32ClNO4/c1-18-27(30(34)36-22-8-4-3-5-9-22)28(23-10-6-7-11-26(23)35-2)29-24(32-18)16-20(17-25(29)33)19-12-14-21(31)15-13-19/h6-7,10-15,20,22,28,32H,3-5,8-9,16-17H2,1-2H3/t20-,28-/m0/s1. The number of ketones is 1. The van der Waals surface area contributed by atoms with E-state index in [4.69, 9.17) is 21.1 Å². The number of hydrogen-bond acceptors (Lipinski definition) is 5. The molecule has 36 heavy (non-hydrogen) atoms. The van der Waals surface area contributed by atoms with Gasteiger partial charge in [-0.25, -0.2) is 4.79 Å². The Labute approximate surface area is 217 Å². The number of Topliss-reactive ketones (excluding diaryl/α,β-unsaturated/α-hetero) is 1. The molecule has 0 aromatic heterocycles. The Balaban J connectivity index is 1.55. The minimum Gasteiger partial charge on any atom is -0.496 e. The Hall–Kier alpha value is -3.05. The molecule has 1 N–H and O–H groups in total. The van der Waals surface area contributed by atoms with Gasteiger partial charge in [-0.2, -0.15) is 0 Å². The predicted molar refractivity (Wildman–Crippen MR) is 140 cm³/mol. The summed E-state index contributed by atoms with van der Waals surface area (Å²) in [7, 11) is 1.62. The van der Waals surface area contributed by atoms with Crippen LogP contribution in [0.25, 0.3) is 0 Å². The number of esters is 1. The molecule has 0 bridgehead atoms. The highest BCUT2D eigenvalue weighted by Crippen LogP contribution is 2.48. The summed E-state index contributed by atoms with van der Waals surface area (Å²) < 4.78 is 11.7. The zero-order valence-electron chi connectivity index (χ0n) is 20.8. The van der Waals surface area contributed by atoms with Gasteiger partial charge in [0.15, 0.2) is 5.78 Å². The zero-order chi connectivity index (χ0) is 25.2. The number of rotatable bonds is 5. The third-order valence-electron chi connectivity index (χ3n) is 7.66. The molecule has 1 saturated carbocycles. The summed E-state index contributed by atoms with van der Waals surface area (Å²) in [5.74, 6) is -0.147. The molecule has 1 fully saturated rings. The lowest BCUT2D eigenvalue weighted by atomic mass is 9.71. The molecule has 5 nitrogen and oxygen atoms in total. The fraction of sp³-hybridized carbons (Fsp3) is 0.400. The molecule has 0 unspecified atom stereocenters. The molecule has 0 saturated heterocycles. The van der Waals surface area contributed by atoms with Crippen LogP contribution in [0.15, 0.2) is 71.1 Å². The van der Waals surface area contributed by atoms with Crippen LogP contribution in [0.1, 0.15) is 74.8 Å². The van der Waals surface area contributed by atoms with Crippen LogP contribution in [0.2, 0.25) is 5.02 Å². The number of dihydropyridines is 1. The summed E-state index contributed by atoms with van der Waals surface area (Å²) in [4.78, 5) is 27.4. The average Bonchev–Trinajstić information content (AvgIpc) is 2.88. The lowest BCUT2D eigenvalue weighted by Gasteiger charge is -2.37. The number of carbonyl (C=O) groups excluding carboxylic acids is 2. The van der Waals surface area contributed by atoms with E-state index in [0.29, 0.717) is 34.8 Å². The molecule has 2 aliphatic carbocycles. The molecule has 6 heteroatoms. The maximum atomic E-state index is 13.8. The number of carbonyl (C=O) groups is 2. The summed E-state index contributed by atoms with van der Waals surface area (Å²) in [6.45, 7) is 1.90. The highest BCUT2D eigenvalue weighted by molar-refractivity contribution is 6.30. The van der Waals surface area contributed by atoms with Crippen molar-refractivity contribution in [2.75, 3.05) is 7.11 Å². The van der Waals surface area contributed by atoms with Crippen molar-refractivity contribution in [3.63, 3.8) is 0 Å². The molecule has 0 radical (unpaired) electrons. The van der Waals surface area contributed by atoms with Gasteiger partial charge >= 0.3 is 5.97 Å². The van der Waals surface area contributed by atoms with Gasteiger partial charge in [-0.3, -0.25) is 4.79 Å². The fourth-order valence-electron chi connectivity index (χ4n) is 5.89. The van der Waals surface area contributed by atoms with Crippen molar-refractivity contribution >= 4 is 23.4 Å². The first-order valence-corrected chi connectivity index (χ1v) is 13.2. The molecule has 2 atom stereocenters. The summed E-state index contributed by atoms with van der Waals surface area (Å²) in [6, 6.07) is 15.3. The van der Waals surface area contributed by atoms with Crippen molar-refractivity contribution < 1.29 is 19.1 Å². The Morgan fingerprint density at radius 1 is 1.00 bits per heavy atom. The van der Waals surface area contributed by atoms with Crippen LogP contribution >= 0.6 is 11.6 Å². The minimum atomic E-state index is -0.535. The second kappa shape index (κ2) is 10.5. The Bertz CT molecular complexity index is 1220. The molecular formula is C30H32ClNO4. The van der Waals surface area contributed by atoms with Gasteiger partial charge in [0.05, 0.1) is 18.6 Å². The second-order valence-electron chi connectivity index (χ2n) is 9.98. The quantitative estimate of drug-likeness (QED) is 0.464. The summed E-state index contributed by atoms with van der Waals surface area (Å²) in [5.41, 5.74) is 4.64. The van der Waals surface area contributed by atoms with Crippen LogP contribution in [-0.2, 0) is 14.3 Å². The topological polar surface area (TPSA) is 64.6 Å². The molecule has 2 aromatic rings. The van der Waals surface area contributed by atoms with E-state index < -0.39 is 5.92 Å². The van der Waals surface area contributed by atoms with Gasteiger partial charge in [0.2, 0.25) is 0 Å². The van der Waals surface area contributed by atoms with Crippen LogP contribution in [0.5, 0.6) is 5.75 Å². The average molecular weight is 506 g/mol. The number of benzene rings is 2. The first-order valence-electron chi connectivity index (χ1n) is 12.8. The van der Waals surface area contributed by atoms with Crippen LogP contribution in [0, 0.1) is 0 Å². The van der Waals surface area contributed by atoms with Crippen molar-refractivity contribution in [1.29, 1.82) is 0 Å². The number of hydrogen-bond donors (Lipinski definition) is 1. The monoisotopic (exact) mass is 505 g/mol. The number of allylic oxidation sites excluding steroid dienone is 3. The number of nitrogens with one attached hydrogen (secondary N) is 1. The number of halogens is 1. The van der Waals surface area contributed by atoms with Gasteiger partial charge in [-0.05, 0) is 68.7 Å². The normalized spacial score (nSPS) is 22.7. The molecule has 1 heterocycles. The smallest absolute Gasteiger partial charge is 0.337 e. The molecule has 3 aliphatic rings. The van der Waals surface area contributed by atoms with Gasteiger partial charge in [0.25, 0.3) is 0 Å². The van der Waals surface area contributed by atoms with Gasteiger partial charge in [-0.1, -0.05) is 48.4 Å². The molecule has 188 valence electrons. The summed E-state index contributed by atoms with van der Waals surface area (Å²) in [6.07, 6.45) is 6.08. The van der Waals surface area contributed by atoms with E-state index in [9.17, 15) is 9.59 Å². The maximum Gasteiger partial charge on any atom is 0.337 e. The maximum absolute atomic E-state index is 13.8. The van der Waals surface area contributed by atoms with Gasteiger partial charge < -0.3 is 14.8 Å². The number of para-hydroxylation sites is 1. The van der Waals surface area contributed by atoms with Crippen molar-refractivity contribution in [3.05, 3.63) is 87.2 Å². The third kappa shape index (κ3) is 4.81. The molecule has 1 aliphatic heterocycles. The van der Waals surface area contributed by atoms with Crippen LogP contribution in [0.3, 0.4) is 0 Å². The van der Waals surface area contributed by atoms with E-state index in [1.54, 1.807) is 7.11 Å². The largest absolute Gasteiger partial charge is 0.496 e. The first-order chi connectivity index (χ1) is 17.5. The molecule has 0 spiro atoms. The van der Waals surface area contributed by atoms with Gasteiger partial charge in [0, 0.05) is 34.0 Å². The lowest BCUT2D eigenvalue weighted by Crippen LogP contribution is -2.37. The van der Waals surface area contributed by atoms with E-state index in [0.717, 1.165) is 48.2 Å². The Morgan fingerprint density at radius 2 is 1.72 bits per heavy atom. The SMILES string of the molecule is COc1ccccc1[C@H]1C(C(=O)OC2CCCCC2)=C(C)NC2=C1C(=O)C[C@@H](c1ccc(Cl)cc1)C2. The second-order valence-corrected chi connectivity index (χ2v) is 10.4. The van der Waals surface area contributed by atoms with Crippen LogP contribution < -0.4 is 10.1 Å². The highest BCUT2D eigenvalue weighted by atomic mass is 35.5. The van der Waals surface area contributed by atoms with Crippen molar-refractivity contribution in [2.24, 2.45) is 0 Å². The van der Waals surface area contributed by atoms with E-state index in [1.807, 2.05) is 55.5 Å². The van der Waals surface area contributed by atoms with Crippen molar-refractivity contribution in [3.8, 4) is 5.75 Å². The fourth-order valence-corrected chi connectivity index (χ4v) is 6.02. The highest BCUT2D eigenvalue weighted by Gasteiger charge is 2.42. The van der Waals surface area contributed by atoms with E-state index >= 15 is 0 Å². The van der Waals surface area contributed by atoms with Crippen LogP contribution in [-0.4, -0.2) is 25.0 Å². The molecular weight excluding hydrogens is 474 g/mol. The van der Waals surface area contributed by atoms with Crippen molar-refractivity contribution in [1.82, 2.24) is 5.32 Å². The van der Waals surface area contributed by atoms with Crippen molar-refractivity contribution in [2.45, 2.75) is 69.8 Å². The van der Waals surface area contributed by atoms with E-state index in [1.165, 1.54) is 6.42 Å². The number of ether oxygens (including phenoxy) is 2. The molecule has 5 rings (SSSR count). The number of methoxy groups -OCH3 is 1. The van der Waals surface area contributed by atoms with E-state index in [2.05, 4.69) is 5.32 Å². The Kier molecular flexibility index (Phi) is 7.20. The molecule has 0 amide bonds. The van der Waals surface area contributed by atoms with Gasteiger partial charge in [-0.15, -0.1) is 0 Å². The molecule has 2 aromatic carbocycles. The van der Waals surface area contributed by atoms with Gasteiger partial charge in [0.1, 0.15) is 11.9 Å². The summed E-state index contributed by atoms with van der Waals surface area (Å²) >= 11 is 6.09. The zero-order valence-corrected chi connectivity index (χ0v) is 21.6. The lowest BCUT2D eigenvalue weighted by molar-refractivity contribution is -0.146. The summed E-state index contributed by atoms with van der Waals surface area (Å²) in [5, 5.41) is 4.11. The minimum absolute atomic E-state index is 0.0371. The van der Waals surface area contributed by atoms with Crippen LogP contribution in [0.4, 0.5) is 0 Å². The Morgan fingerprint density at radius 3 is 2.44 bits per heavy atom. The van der Waals surface area contributed by atoms with E-state index in [-0.39, 0.29) is 23.8 Å². The first kappa shape index (κ1) is 24.6. The third-order valence-corrected chi connectivity index (χ3v) is 7.92. The predicted octanol–water partition coefficient (Wildman–Crippen LogP) is 6.59.